The molecule has 0 aliphatic rings. The highest BCUT2D eigenvalue weighted by molar-refractivity contribution is 6.29. The molecule has 0 unspecified atom stereocenters. The van der Waals surface area contributed by atoms with Crippen molar-refractivity contribution in [3.8, 4) is 0 Å². The molecule has 6 nitrogen and oxygen atoms in total. The second-order valence-corrected chi connectivity index (χ2v) is 6.28. The Labute approximate surface area is 156 Å². The van der Waals surface area contributed by atoms with Crippen molar-refractivity contribution in [3.63, 3.8) is 0 Å². The Morgan fingerprint density at radius 2 is 2.04 bits per heavy atom. The van der Waals surface area contributed by atoms with Crippen LogP contribution in [0.2, 0.25) is 5.15 Å². The van der Waals surface area contributed by atoms with Gasteiger partial charge >= 0.3 is 0 Å². The van der Waals surface area contributed by atoms with E-state index in [2.05, 4.69) is 25.6 Å². The van der Waals surface area contributed by atoms with Gasteiger partial charge in [-0.2, -0.15) is 0 Å². The maximum Gasteiger partial charge on any atom is 0.274 e. The fraction of sp³-hybridized carbons (Fsp3) is 0.158. The molecule has 0 saturated carbocycles. The molecule has 3 rings (SSSR count). The summed E-state index contributed by atoms with van der Waals surface area (Å²) in [5.74, 6) is 0.343. The largest absolute Gasteiger partial charge is 0.362 e. The van der Waals surface area contributed by atoms with Gasteiger partial charge in [-0.05, 0) is 49.2 Å². The Bertz CT molecular complexity index is 931. The van der Waals surface area contributed by atoms with Crippen LogP contribution in [0.4, 0.5) is 11.5 Å². The lowest BCUT2D eigenvalue weighted by molar-refractivity contribution is 0.102. The topological polar surface area (TPSA) is 79.8 Å². The Balaban J connectivity index is 1.72. The predicted octanol–water partition coefficient (Wildman–Crippen LogP) is 4.26. The summed E-state index contributed by atoms with van der Waals surface area (Å²) in [7, 11) is 0. The molecular formula is C19H18ClN5O. The van der Waals surface area contributed by atoms with Gasteiger partial charge in [0.25, 0.3) is 5.91 Å². The SMILES string of the molecule is Cc1ccnc(C(=O)Nc2cccc([C@H](C)Nc3cncc(Cl)n3)c2)c1. The monoisotopic (exact) mass is 367 g/mol. The molecule has 132 valence electrons. The van der Waals surface area contributed by atoms with Gasteiger partial charge in [0, 0.05) is 11.9 Å². The first-order valence-corrected chi connectivity index (χ1v) is 8.47. The van der Waals surface area contributed by atoms with Gasteiger partial charge in [0.05, 0.1) is 18.4 Å². The second-order valence-electron chi connectivity index (χ2n) is 5.89. The van der Waals surface area contributed by atoms with Gasteiger partial charge in [-0.1, -0.05) is 23.7 Å². The van der Waals surface area contributed by atoms with Gasteiger partial charge in [0.15, 0.2) is 0 Å². The summed E-state index contributed by atoms with van der Waals surface area (Å²) in [5, 5.41) is 6.44. The van der Waals surface area contributed by atoms with Gasteiger partial charge in [0.1, 0.15) is 16.7 Å². The minimum absolute atomic E-state index is 0.0447. The highest BCUT2D eigenvalue weighted by Gasteiger charge is 2.11. The number of benzene rings is 1. The predicted molar refractivity (Wildman–Crippen MR) is 102 cm³/mol. The van der Waals surface area contributed by atoms with Crippen molar-refractivity contribution in [2.75, 3.05) is 10.6 Å². The summed E-state index contributed by atoms with van der Waals surface area (Å²) in [5.41, 5.74) is 3.05. The first kappa shape index (κ1) is 17.8. The number of carbonyl (C=O) groups is 1. The maximum atomic E-state index is 12.4. The summed E-state index contributed by atoms with van der Waals surface area (Å²) >= 11 is 5.86. The maximum absolute atomic E-state index is 12.4. The van der Waals surface area contributed by atoms with Crippen LogP contribution in [-0.4, -0.2) is 20.9 Å². The number of pyridine rings is 1. The van der Waals surface area contributed by atoms with Crippen molar-refractivity contribution < 1.29 is 4.79 Å². The fourth-order valence-corrected chi connectivity index (χ4v) is 2.61. The van der Waals surface area contributed by atoms with E-state index in [0.29, 0.717) is 22.4 Å². The van der Waals surface area contributed by atoms with Crippen LogP contribution >= 0.6 is 11.6 Å². The number of nitrogens with zero attached hydrogens (tertiary/aromatic N) is 3. The number of hydrogen-bond acceptors (Lipinski definition) is 5. The highest BCUT2D eigenvalue weighted by Crippen LogP contribution is 2.21. The van der Waals surface area contributed by atoms with E-state index in [4.69, 9.17) is 11.6 Å². The van der Waals surface area contributed by atoms with Gasteiger partial charge in [-0.15, -0.1) is 0 Å². The summed E-state index contributed by atoms with van der Waals surface area (Å²) in [6, 6.07) is 11.2. The number of nitrogens with one attached hydrogen (secondary N) is 2. The van der Waals surface area contributed by atoms with Gasteiger partial charge in [-0.3, -0.25) is 14.8 Å². The summed E-state index contributed by atoms with van der Waals surface area (Å²) in [6.07, 6.45) is 4.71. The van der Waals surface area contributed by atoms with E-state index in [0.717, 1.165) is 11.1 Å². The second kappa shape index (κ2) is 7.93. The Morgan fingerprint density at radius 3 is 2.81 bits per heavy atom. The van der Waals surface area contributed by atoms with Crippen molar-refractivity contribution in [2.24, 2.45) is 0 Å². The lowest BCUT2D eigenvalue weighted by Crippen LogP contribution is -2.14. The molecule has 0 aliphatic heterocycles. The Morgan fingerprint density at radius 1 is 1.19 bits per heavy atom. The van der Waals surface area contributed by atoms with Gasteiger partial charge in [-0.25, -0.2) is 4.98 Å². The Hall–Kier alpha value is -2.99. The standard InChI is InChI=1S/C19H18ClN5O/c1-12-6-7-22-16(8-12)19(26)24-15-5-3-4-14(9-15)13(2)23-18-11-21-10-17(20)25-18/h3-11,13H,1-2H3,(H,23,25)(H,24,26)/t13-/m0/s1. The van der Waals surface area contributed by atoms with Crippen LogP contribution in [0, 0.1) is 6.92 Å². The minimum atomic E-state index is -0.243. The van der Waals surface area contributed by atoms with Crippen molar-refractivity contribution in [1.29, 1.82) is 0 Å². The number of amides is 1. The molecule has 7 heteroatoms. The quantitative estimate of drug-likeness (QED) is 0.704. The first-order chi connectivity index (χ1) is 12.5. The number of hydrogen-bond donors (Lipinski definition) is 2. The molecule has 2 aromatic heterocycles. The van der Waals surface area contributed by atoms with Crippen LogP contribution in [-0.2, 0) is 0 Å². The molecule has 0 fully saturated rings. The van der Waals surface area contributed by atoms with Crippen molar-refractivity contribution in [2.45, 2.75) is 19.9 Å². The average molecular weight is 368 g/mol. The minimum Gasteiger partial charge on any atom is -0.362 e. The first-order valence-electron chi connectivity index (χ1n) is 8.09. The van der Waals surface area contributed by atoms with E-state index < -0.39 is 0 Å². The zero-order valence-corrected chi connectivity index (χ0v) is 15.2. The van der Waals surface area contributed by atoms with E-state index in [1.165, 1.54) is 6.20 Å². The number of carbonyl (C=O) groups excluding carboxylic acids is 1. The number of aryl methyl sites for hydroxylation is 1. The summed E-state index contributed by atoms with van der Waals surface area (Å²) in [6.45, 7) is 3.91. The molecule has 26 heavy (non-hydrogen) atoms. The molecular weight excluding hydrogens is 350 g/mol. The van der Waals surface area contributed by atoms with E-state index >= 15 is 0 Å². The third-order valence-corrected chi connectivity index (χ3v) is 3.94. The van der Waals surface area contributed by atoms with Crippen molar-refractivity contribution in [1.82, 2.24) is 15.0 Å². The lowest BCUT2D eigenvalue weighted by Gasteiger charge is -2.16. The molecule has 0 bridgehead atoms. The molecule has 0 saturated heterocycles. The van der Waals surface area contributed by atoms with Crippen molar-refractivity contribution in [3.05, 3.63) is 77.0 Å². The zero-order valence-electron chi connectivity index (χ0n) is 14.4. The smallest absolute Gasteiger partial charge is 0.274 e. The Kier molecular flexibility index (Phi) is 5.43. The third-order valence-electron chi connectivity index (χ3n) is 3.76. The van der Waals surface area contributed by atoms with Crippen LogP contribution in [0.5, 0.6) is 0 Å². The average Bonchev–Trinajstić information content (AvgIpc) is 2.62. The molecule has 3 aromatic rings. The molecule has 1 amide bonds. The van der Waals surface area contributed by atoms with Crippen LogP contribution in [0.3, 0.4) is 0 Å². The van der Waals surface area contributed by atoms with E-state index in [9.17, 15) is 4.79 Å². The van der Waals surface area contributed by atoms with Crippen LogP contribution in [0.25, 0.3) is 0 Å². The number of rotatable bonds is 5. The molecule has 0 aliphatic carbocycles. The van der Waals surface area contributed by atoms with Gasteiger partial charge < -0.3 is 10.6 Å². The molecule has 1 aromatic carbocycles. The normalized spacial score (nSPS) is 11.7. The molecule has 0 radical (unpaired) electrons. The van der Waals surface area contributed by atoms with Crippen molar-refractivity contribution >= 4 is 29.0 Å². The van der Waals surface area contributed by atoms with E-state index in [1.807, 2.05) is 44.2 Å². The van der Waals surface area contributed by atoms with E-state index in [1.54, 1.807) is 18.5 Å². The van der Waals surface area contributed by atoms with Crippen LogP contribution < -0.4 is 10.6 Å². The summed E-state index contributed by atoms with van der Waals surface area (Å²) < 4.78 is 0. The molecule has 2 heterocycles. The number of anilines is 2. The fourth-order valence-electron chi connectivity index (χ4n) is 2.46. The van der Waals surface area contributed by atoms with Crippen LogP contribution in [0.15, 0.2) is 55.0 Å². The number of aromatic nitrogens is 3. The zero-order chi connectivity index (χ0) is 18.5. The van der Waals surface area contributed by atoms with E-state index in [-0.39, 0.29) is 11.9 Å². The molecule has 1 atom stereocenters. The third kappa shape index (κ3) is 4.55. The van der Waals surface area contributed by atoms with Crippen LogP contribution in [0.1, 0.15) is 34.6 Å². The molecule has 2 N–H and O–H groups in total. The summed E-state index contributed by atoms with van der Waals surface area (Å²) in [4.78, 5) is 24.6. The number of halogens is 1. The highest BCUT2D eigenvalue weighted by atomic mass is 35.5. The molecule has 0 spiro atoms. The van der Waals surface area contributed by atoms with Gasteiger partial charge in [0.2, 0.25) is 0 Å². The lowest BCUT2D eigenvalue weighted by atomic mass is 10.1.